The maximum absolute atomic E-state index is 12.4. The zero-order chi connectivity index (χ0) is 15.3. The first kappa shape index (κ1) is 16.4. The molecule has 1 rings (SSSR count). The van der Waals surface area contributed by atoms with Crippen molar-refractivity contribution in [3.63, 3.8) is 0 Å². The van der Waals surface area contributed by atoms with Crippen molar-refractivity contribution in [1.82, 2.24) is 4.31 Å². The van der Waals surface area contributed by atoms with E-state index in [2.05, 4.69) is 6.58 Å². The Balaban J connectivity index is 3.11. The Morgan fingerprint density at radius 1 is 1.45 bits per heavy atom. The van der Waals surface area contributed by atoms with E-state index in [1.165, 1.54) is 29.6 Å². The van der Waals surface area contributed by atoms with E-state index >= 15 is 0 Å². The summed E-state index contributed by atoms with van der Waals surface area (Å²) in [5.41, 5.74) is 0.499. The molecule has 1 aromatic rings. The fourth-order valence-electron chi connectivity index (χ4n) is 1.76. The van der Waals surface area contributed by atoms with Crippen LogP contribution in [0.15, 0.2) is 35.7 Å². The van der Waals surface area contributed by atoms with Crippen molar-refractivity contribution in [2.75, 3.05) is 13.6 Å². The van der Waals surface area contributed by atoms with Crippen LogP contribution in [0.3, 0.4) is 0 Å². The van der Waals surface area contributed by atoms with Crippen LogP contribution in [0, 0.1) is 6.92 Å². The van der Waals surface area contributed by atoms with Gasteiger partial charge in [0, 0.05) is 13.6 Å². The number of hydrogen-bond donors (Lipinski definition) is 1. The maximum Gasteiger partial charge on any atom is 0.335 e. The van der Waals surface area contributed by atoms with E-state index in [0.717, 1.165) is 6.42 Å². The third kappa shape index (κ3) is 3.68. The van der Waals surface area contributed by atoms with Crippen LogP contribution in [-0.4, -0.2) is 37.4 Å². The standard InChI is InChI=1S/C14H19NO4S/c1-4-5-6-9-15(3)20(18,19)13-10-12(14(16)17)8-7-11(13)2/h4,7-8,10H,1,5-6,9H2,2-3H3,(H,16,17). The minimum atomic E-state index is -3.67. The van der Waals surface area contributed by atoms with Gasteiger partial charge in [0.25, 0.3) is 0 Å². The first-order chi connectivity index (χ1) is 9.30. The van der Waals surface area contributed by atoms with E-state index in [0.29, 0.717) is 18.5 Å². The molecule has 20 heavy (non-hydrogen) atoms. The van der Waals surface area contributed by atoms with Crippen LogP contribution in [0.25, 0.3) is 0 Å². The van der Waals surface area contributed by atoms with E-state index in [1.807, 2.05) is 0 Å². The molecule has 0 radical (unpaired) electrons. The Bertz CT molecular complexity index is 608. The Hall–Kier alpha value is -1.66. The molecule has 0 heterocycles. The minimum absolute atomic E-state index is 0.0336. The molecular weight excluding hydrogens is 278 g/mol. The number of aryl methyl sites for hydroxylation is 1. The van der Waals surface area contributed by atoms with Crippen LogP contribution in [0.4, 0.5) is 0 Å². The van der Waals surface area contributed by atoms with Gasteiger partial charge in [-0.15, -0.1) is 6.58 Å². The average molecular weight is 297 g/mol. The van der Waals surface area contributed by atoms with Crippen molar-refractivity contribution in [2.45, 2.75) is 24.7 Å². The summed E-state index contributed by atoms with van der Waals surface area (Å²) in [6.07, 6.45) is 3.14. The third-order valence-corrected chi connectivity index (χ3v) is 5.00. The van der Waals surface area contributed by atoms with Gasteiger partial charge in [-0.05, 0) is 37.5 Å². The van der Waals surface area contributed by atoms with Crippen LogP contribution in [0.2, 0.25) is 0 Å². The average Bonchev–Trinajstić information content (AvgIpc) is 2.38. The van der Waals surface area contributed by atoms with Crippen molar-refractivity contribution in [2.24, 2.45) is 0 Å². The summed E-state index contributed by atoms with van der Waals surface area (Å²) in [4.78, 5) is 11.0. The molecule has 0 fully saturated rings. The molecule has 0 aliphatic carbocycles. The Labute approximate surface area is 119 Å². The number of nitrogens with zero attached hydrogens (tertiary/aromatic N) is 1. The van der Waals surface area contributed by atoms with Crippen molar-refractivity contribution in [1.29, 1.82) is 0 Å². The predicted octanol–water partition coefficient (Wildman–Crippen LogP) is 2.28. The first-order valence-corrected chi connectivity index (χ1v) is 7.66. The summed E-state index contributed by atoms with van der Waals surface area (Å²) in [6.45, 7) is 5.60. The molecule has 0 saturated heterocycles. The quantitative estimate of drug-likeness (QED) is 0.619. The monoisotopic (exact) mass is 297 g/mol. The maximum atomic E-state index is 12.4. The van der Waals surface area contributed by atoms with Crippen LogP contribution in [0.5, 0.6) is 0 Å². The minimum Gasteiger partial charge on any atom is -0.478 e. The second-order valence-corrected chi connectivity index (χ2v) is 6.56. The topological polar surface area (TPSA) is 74.7 Å². The molecular formula is C14H19NO4S. The number of allylic oxidation sites excluding steroid dienone is 1. The van der Waals surface area contributed by atoms with Gasteiger partial charge in [-0.2, -0.15) is 0 Å². The van der Waals surface area contributed by atoms with Gasteiger partial charge < -0.3 is 5.11 Å². The van der Waals surface area contributed by atoms with Gasteiger partial charge in [0.15, 0.2) is 0 Å². The molecule has 1 aromatic carbocycles. The Morgan fingerprint density at radius 3 is 2.65 bits per heavy atom. The number of carboxylic acids is 1. The molecule has 0 aliphatic rings. The zero-order valence-electron chi connectivity index (χ0n) is 11.7. The van der Waals surface area contributed by atoms with Gasteiger partial charge in [-0.3, -0.25) is 0 Å². The number of benzene rings is 1. The summed E-state index contributed by atoms with van der Waals surface area (Å²) in [6, 6.07) is 4.11. The van der Waals surface area contributed by atoms with Gasteiger partial charge in [0.05, 0.1) is 10.5 Å². The number of rotatable bonds is 7. The summed E-state index contributed by atoms with van der Waals surface area (Å²) in [7, 11) is -2.18. The molecule has 110 valence electrons. The summed E-state index contributed by atoms with van der Waals surface area (Å²) < 4.78 is 26.1. The lowest BCUT2D eigenvalue weighted by Gasteiger charge is -2.18. The lowest BCUT2D eigenvalue weighted by molar-refractivity contribution is 0.0696. The van der Waals surface area contributed by atoms with Gasteiger partial charge >= 0.3 is 5.97 Å². The number of hydrogen-bond acceptors (Lipinski definition) is 3. The number of carbonyl (C=O) groups is 1. The normalized spacial score (nSPS) is 11.6. The molecule has 0 aromatic heterocycles. The Kier molecular flexibility index (Phi) is 5.47. The smallest absolute Gasteiger partial charge is 0.335 e. The molecule has 5 nitrogen and oxygen atoms in total. The van der Waals surface area contributed by atoms with Crippen LogP contribution in [-0.2, 0) is 10.0 Å². The highest BCUT2D eigenvalue weighted by Crippen LogP contribution is 2.21. The Morgan fingerprint density at radius 2 is 2.10 bits per heavy atom. The summed E-state index contributed by atoms with van der Waals surface area (Å²) in [5, 5.41) is 8.96. The van der Waals surface area contributed by atoms with Crippen molar-refractivity contribution in [3.05, 3.63) is 42.0 Å². The molecule has 0 atom stereocenters. The highest BCUT2D eigenvalue weighted by Gasteiger charge is 2.23. The lowest BCUT2D eigenvalue weighted by Crippen LogP contribution is -2.28. The van der Waals surface area contributed by atoms with E-state index in [-0.39, 0.29) is 10.5 Å². The zero-order valence-corrected chi connectivity index (χ0v) is 12.5. The molecule has 0 unspecified atom stereocenters. The van der Waals surface area contributed by atoms with Crippen molar-refractivity contribution >= 4 is 16.0 Å². The molecule has 0 bridgehead atoms. The third-order valence-electron chi connectivity index (χ3n) is 3.00. The van der Waals surface area contributed by atoms with Gasteiger partial charge in [0.2, 0.25) is 10.0 Å². The van der Waals surface area contributed by atoms with E-state index in [1.54, 1.807) is 13.0 Å². The lowest BCUT2D eigenvalue weighted by atomic mass is 10.1. The predicted molar refractivity (Wildman–Crippen MR) is 77.4 cm³/mol. The van der Waals surface area contributed by atoms with Gasteiger partial charge in [-0.1, -0.05) is 12.1 Å². The highest BCUT2D eigenvalue weighted by molar-refractivity contribution is 7.89. The van der Waals surface area contributed by atoms with Crippen molar-refractivity contribution in [3.8, 4) is 0 Å². The number of aromatic carboxylic acids is 1. The van der Waals surface area contributed by atoms with E-state index in [9.17, 15) is 13.2 Å². The molecule has 1 N–H and O–H groups in total. The SMILES string of the molecule is C=CCCCN(C)S(=O)(=O)c1cc(C(=O)O)ccc1C. The van der Waals surface area contributed by atoms with Gasteiger partial charge in [-0.25, -0.2) is 17.5 Å². The second-order valence-electron chi connectivity index (χ2n) is 4.54. The fourth-order valence-corrected chi connectivity index (χ4v) is 3.21. The molecule has 0 amide bonds. The largest absolute Gasteiger partial charge is 0.478 e. The van der Waals surface area contributed by atoms with Gasteiger partial charge in [0.1, 0.15) is 0 Å². The summed E-state index contributed by atoms with van der Waals surface area (Å²) >= 11 is 0. The molecule has 0 aliphatic heterocycles. The van der Waals surface area contributed by atoms with Crippen LogP contribution < -0.4 is 0 Å². The highest BCUT2D eigenvalue weighted by atomic mass is 32.2. The fraction of sp³-hybridized carbons (Fsp3) is 0.357. The van der Waals surface area contributed by atoms with E-state index in [4.69, 9.17) is 5.11 Å². The van der Waals surface area contributed by atoms with E-state index < -0.39 is 16.0 Å². The second kappa shape index (κ2) is 6.67. The van der Waals surface area contributed by atoms with Crippen molar-refractivity contribution < 1.29 is 18.3 Å². The first-order valence-electron chi connectivity index (χ1n) is 6.22. The summed E-state index contributed by atoms with van der Waals surface area (Å²) in [5.74, 6) is -1.14. The number of carboxylic acid groups (broad SMARTS) is 1. The number of sulfonamides is 1. The molecule has 0 spiro atoms. The number of unbranched alkanes of at least 4 members (excludes halogenated alkanes) is 1. The molecule has 6 heteroatoms. The van der Waals surface area contributed by atoms with Crippen LogP contribution in [0.1, 0.15) is 28.8 Å². The molecule has 0 saturated carbocycles. The van der Waals surface area contributed by atoms with Crippen LogP contribution >= 0.6 is 0 Å².